The van der Waals surface area contributed by atoms with Crippen LogP contribution in [0.5, 0.6) is 0 Å². The van der Waals surface area contributed by atoms with Gasteiger partial charge in [-0.2, -0.15) is 0 Å². The summed E-state index contributed by atoms with van der Waals surface area (Å²) in [5.41, 5.74) is 5.94. The number of nitrogens with zero attached hydrogens (tertiary/aromatic N) is 1. The molecular weight excluding hydrogens is 160 g/mol. The van der Waals surface area contributed by atoms with Crippen LogP contribution in [0.25, 0.3) is 0 Å². The molecule has 2 N–H and O–H groups in total. The summed E-state index contributed by atoms with van der Waals surface area (Å²) in [6.45, 7) is 3.74. The van der Waals surface area contributed by atoms with Crippen LogP contribution >= 0.6 is 0 Å². The third-order valence-electron chi connectivity index (χ3n) is 3.62. The third-order valence-corrected chi connectivity index (χ3v) is 3.62. The van der Waals surface area contributed by atoms with E-state index in [2.05, 4.69) is 4.90 Å². The maximum absolute atomic E-state index is 5.94. The lowest BCUT2D eigenvalue weighted by molar-refractivity contribution is 0.176. The summed E-state index contributed by atoms with van der Waals surface area (Å²) in [6, 6.07) is 0.454. The highest BCUT2D eigenvalue weighted by molar-refractivity contribution is 4.77. The second-order valence-corrected chi connectivity index (χ2v) is 4.79. The summed E-state index contributed by atoms with van der Waals surface area (Å²) in [5.74, 6) is 1.05. The SMILES string of the molecule is NC1CCCN(CCC2CCC2)C1. The monoisotopic (exact) mass is 182 g/mol. The molecule has 1 heterocycles. The molecule has 0 amide bonds. The highest BCUT2D eigenvalue weighted by atomic mass is 15.1. The molecule has 0 aromatic carbocycles. The Kier molecular flexibility index (Phi) is 3.23. The van der Waals surface area contributed by atoms with Crippen molar-refractivity contribution >= 4 is 0 Å². The van der Waals surface area contributed by atoms with Crippen LogP contribution in [0, 0.1) is 5.92 Å². The molecule has 1 saturated carbocycles. The van der Waals surface area contributed by atoms with E-state index in [1.54, 1.807) is 0 Å². The molecule has 2 fully saturated rings. The zero-order chi connectivity index (χ0) is 9.10. The Morgan fingerprint density at radius 2 is 2.00 bits per heavy atom. The first-order valence-corrected chi connectivity index (χ1v) is 5.82. The molecule has 0 spiro atoms. The molecule has 2 aliphatic rings. The van der Waals surface area contributed by atoms with Crippen LogP contribution < -0.4 is 5.73 Å². The second kappa shape index (κ2) is 4.43. The predicted octanol–water partition coefficient (Wildman–Crippen LogP) is 1.60. The van der Waals surface area contributed by atoms with E-state index in [1.807, 2.05) is 0 Å². The first-order chi connectivity index (χ1) is 6.34. The van der Waals surface area contributed by atoms with Crippen molar-refractivity contribution in [3.8, 4) is 0 Å². The van der Waals surface area contributed by atoms with Crippen molar-refractivity contribution in [2.24, 2.45) is 11.7 Å². The minimum Gasteiger partial charge on any atom is -0.327 e. The van der Waals surface area contributed by atoms with E-state index >= 15 is 0 Å². The Labute approximate surface area is 81.5 Å². The molecule has 2 nitrogen and oxygen atoms in total. The van der Waals surface area contributed by atoms with E-state index in [9.17, 15) is 0 Å². The Bertz CT molecular complexity index is 154. The molecule has 1 aliphatic heterocycles. The van der Waals surface area contributed by atoms with Gasteiger partial charge >= 0.3 is 0 Å². The average Bonchev–Trinajstić information content (AvgIpc) is 2.01. The molecule has 13 heavy (non-hydrogen) atoms. The van der Waals surface area contributed by atoms with Crippen LogP contribution in [-0.2, 0) is 0 Å². The van der Waals surface area contributed by atoms with Gasteiger partial charge in [-0.1, -0.05) is 19.3 Å². The largest absolute Gasteiger partial charge is 0.327 e. The lowest BCUT2D eigenvalue weighted by Gasteiger charge is -2.33. The molecule has 2 rings (SSSR count). The van der Waals surface area contributed by atoms with E-state index in [1.165, 1.54) is 51.6 Å². The first kappa shape index (κ1) is 9.47. The van der Waals surface area contributed by atoms with Crippen molar-refractivity contribution in [1.82, 2.24) is 4.90 Å². The maximum atomic E-state index is 5.94. The minimum absolute atomic E-state index is 0.454. The molecule has 1 saturated heterocycles. The summed E-state index contributed by atoms with van der Waals surface area (Å²) < 4.78 is 0. The Morgan fingerprint density at radius 1 is 1.15 bits per heavy atom. The van der Waals surface area contributed by atoms with Crippen LogP contribution in [0.15, 0.2) is 0 Å². The second-order valence-electron chi connectivity index (χ2n) is 4.79. The number of rotatable bonds is 3. The molecule has 1 aliphatic carbocycles. The van der Waals surface area contributed by atoms with E-state index in [0.717, 1.165) is 12.5 Å². The molecule has 1 atom stereocenters. The fraction of sp³-hybridized carbons (Fsp3) is 1.00. The summed E-state index contributed by atoms with van der Waals surface area (Å²) in [7, 11) is 0. The molecule has 76 valence electrons. The molecule has 0 aromatic rings. The van der Waals surface area contributed by atoms with Gasteiger partial charge in [0.1, 0.15) is 0 Å². The van der Waals surface area contributed by atoms with Gasteiger partial charge in [-0.3, -0.25) is 0 Å². The Balaban J connectivity index is 1.62. The fourth-order valence-electron chi connectivity index (χ4n) is 2.44. The molecule has 0 aromatic heterocycles. The third kappa shape index (κ3) is 2.68. The van der Waals surface area contributed by atoms with Gasteiger partial charge in [0.05, 0.1) is 0 Å². The van der Waals surface area contributed by atoms with Crippen molar-refractivity contribution in [3.05, 3.63) is 0 Å². The van der Waals surface area contributed by atoms with Crippen molar-refractivity contribution in [2.75, 3.05) is 19.6 Å². The zero-order valence-electron chi connectivity index (χ0n) is 8.54. The van der Waals surface area contributed by atoms with E-state index < -0.39 is 0 Å². The quantitative estimate of drug-likeness (QED) is 0.718. The van der Waals surface area contributed by atoms with Crippen LogP contribution in [0.3, 0.4) is 0 Å². The zero-order valence-corrected chi connectivity index (χ0v) is 8.54. The molecule has 0 radical (unpaired) electrons. The molecule has 1 unspecified atom stereocenters. The van der Waals surface area contributed by atoms with Gasteiger partial charge < -0.3 is 10.6 Å². The lowest BCUT2D eigenvalue weighted by Crippen LogP contribution is -2.43. The van der Waals surface area contributed by atoms with Crippen LogP contribution in [-0.4, -0.2) is 30.6 Å². The summed E-state index contributed by atoms with van der Waals surface area (Å²) >= 11 is 0. The van der Waals surface area contributed by atoms with Gasteiger partial charge in [-0.15, -0.1) is 0 Å². The number of hydrogen-bond donors (Lipinski definition) is 1. The van der Waals surface area contributed by atoms with Gasteiger partial charge in [0.25, 0.3) is 0 Å². The lowest BCUT2D eigenvalue weighted by atomic mass is 9.83. The Morgan fingerprint density at radius 3 is 2.62 bits per heavy atom. The van der Waals surface area contributed by atoms with E-state index in [-0.39, 0.29) is 0 Å². The number of nitrogens with two attached hydrogens (primary N) is 1. The topological polar surface area (TPSA) is 29.3 Å². The van der Waals surface area contributed by atoms with Gasteiger partial charge in [0.2, 0.25) is 0 Å². The normalized spacial score (nSPS) is 31.6. The van der Waals surface area contributed by atoms with Gasteiger partial charge in [0.15, 0.2) is 0 Å². The minimum atomic E-state index is 0.454. The summed E-state index contributed by atoms with van der Waals surface area (Å²) in [4.78, 5) is 2.56. The van der Waals surface area contributed by atoms with Crippen molar-refractivity contribution in [2.45, 2.75) is 44.6 Å². The number of hydrogen-bond acceptors (Lipinski definition) is 2. The number of likely N-dealkylation sites (tertiary alicyclic amines) is 1. The van der Waals surface area contributed by atoms with Crippen LogP contribution in [0.4, 0.5) is 0 Å². The average molecular weight is 182 g/mol. The molecule has 2 heteroatoms. The highest BCUT2D eigenvalue weighted by Crippen LogP contribution is 2.29. The van der Waals surface area contributed by atoms with E-state index in [0.29, 0.717) is 6.04 Å². The first-order valence-electron chi connectivity index (χ1n) is 5.82. The predicted molar refractivity (Wildman–Crippen MR) is 55.6 cm³/mol. The van der Waals surface area contributed by atoms with Crippen LogP contribution in [0.1, 0.15) is 38.5 Å². The molecule has 0 bridgehead atoms. The van der Waals surface area contributed by atoms with E-state index in [4.69, 9.17) is 5.73 Å². The fourth-order valence-corrected chi connectivity index (χ4v) is 2.44. The van der Waals surface area contributed by atoms with Crippen molar-refractivity contribution in [3.63, 3.8) is 0 Å². The summed E-state index contributed by atoms with van der Waals surface area (Å²) in [5, 5.41) is 0. The highest BCUT2D eigenvalue weighted by Gasteiger charge is 2.20. The Hall–Kier alpha value is -0.0800. The van der Waals surface area contributed by atoms with Gasteiger partial charge in [-0.25, -0.2) is 0 Å². The maximum Gasteiger partial charge on any atom is 0.0168 e. The standard InChI is InChI=1S/C11H22N2/c12-11-5-2-7-13(9-11)8-6-10-3-1-4-10/h10-11H,1-9,12H2. The van der Waals surface area contributed by atoms with Gasteiger partial charge in [-0.05, 0) is 38.3 Å². The smallest absolute Gasteiger partial charge is 0.0168 e. The van der Waals surface area contributed by atoms with Gasteiger partial charge in [0, 0.05) is 12.6 Å². The van der Waals surface area contributed by atoms with Crippen molar-refractivity contribution in [1.29, 1.82) is 0 Å². The summed E-state index contributed by atoms with van der Waals surface area (Å²) in [6.07, 6.45) is 8.42. The molecular formula is C11H22N2. The van der Waals surface area contributed by atoms with Crippen LogP contribution in [0.2, 0.25) is 0 Å². The van der Waals surface area contributed by atoms with Crippen molar-refractivity contribution < 1.29 is 0 Å². The number of piperidine rings is 1.